The number of hydrogen-bond acceptors (Lipinski definition) is 3. The second-order valence-electron chi connectivity index (χ2n) is 5.25. The molecule has 0 spiro atoms. The molecule has 1 heterocycles. The second kappa shape index (κ2) is 4.68. The maximum atomic E-state index is 12.2. The van der Waals surface area contributed by atoms with Crippen LogP contribution < -0.4 is 11.1 Å². The van der Waals surface area contributed by atoms with Crippen LogP contribution in [-0.2, 0) is 4.79 Å². The first-order valence-electron chi connectivity index (χ1n) is 5.26. The lowest BCUT2D eigenvalue weighted by molar-refractivity contribution is -0.136. The van der Waals surface area contributed by atoms with E-state index >= 15 is 0 Å². The molecule has 1 saturated heterocycles. The lowest BCUT2D eigenvalue weighted by atomic mass is 9.79. The van der Waals surface area contributed by atoms with Crippen LogP contribution >= 0.6 is 11.8 Å². The van der Waals surface area contributed by atoms with Crippen LogP contribution in [0.2, 0.25) is 0 Å². The van der Waals surface area contributed by atoms with Gasteiger partial charge in [0.15, 0.2) is 0 Å². The molecule has 3 nitrogen and oxygen atoms in total. The third kappa shape index (κ3) is 4.06. The van der Waals surface area contributed by atoms with E-state index in [2.05, 4.69) is 5.32 Å². The summed E-state index contributed by atoms with van der Waals surface area (Å²) in [4.78, 5) is 11.5. The van der Waals surface area contributed by atoms with Crippen molar-refractivity contribution in [1.29, 1.82) is 0 Å². The Balaban J connectivity index is 2.79. The first-order chi connectivity index (χ1) is 7.56. The van der Waals surface area contributed by atoms with E-state index in [1.807, 2.05) is 13.8 Å². The van der Waals surface area contributed by atoms with Crippen molar-refractivity contribution >= 4 is 17.7 Å². The molecule has 1 fully saturated rings. The summed E-state index contributed by atoms with van der Waals surface area (Å²) in [5.41, 5.74) is 3.82. The summed E-state index contributed by atoms with van der Waals surface area (Å²) in [6, 6.07) is 0. The molecule has 0 aromatic carbocycles. The molecule has 0 aliphatic carbocycles. The highest BCUT2D eigenvalue weighted by molar-refractivity contribution is 7.99. The second-order valence-corrected chi connectivity index (χ2v) is 6.23. The van der Waals surface area contributed by atoms with E-state index in [9.17, 15) is 18.0 Å². The Kier molecular flexibility index (Phi) is 4.03. The van der Waals surface area contributed by atoms with Crippen LogP contribution in [0.15, 0.2) is 0 Å². The average molecular weight is 270 g/mol. The van der Waals surface area contributed by atoms with Crippen LogP contribution in [0.25, 0.3) is 0 Å². The van der Waals surface area contributed by atoms with Gasteiger partial charge in [-0.2, -0.15) is 24.9 Å². The number of rotatable bonds is 3. The number of nitrogens with two attached hydrogens (primary N) is 1. The number of carbonyl (C=O) groups is 1. The molecule has 0 aromatic heterocycles. The number of alkyl halides is 3. The molecule has 7 heteroatoms. The van der Waals surface area contributed by atoms with Gasteiger partial charge in [-0.05, 0) is 17.6 Å². The molecule has 1 unspecified atom stereocenters. The number of nitrogens with one attached hydrogen (secondary N) is 1. The van der Waals surface area contributed by atoms with Crippen LogP contribution in [0.4, 0.5) is 13.2 Å². The summed E-state index contributed by atoms with van der Waals surface area (Å²) in [5, 5.41) is 2.31. The normalized spacial score (nSPS) is 29.0. The van der Waals surface area contributed by atoms with Crippen LogP contribution in [0, 0.1) is 5.41 Å². The van der Waals surface area contributed by atoms with Gasteiger partial charge in [-0.1, -0.05) is 13.8 Å². The fourth-order valence-electron chi connectivity index (χ4n) is 2.05. The number of thioether (sulfide) groups is 1. The summed E-state index contributed by atoms with van der Waals surface area (Å²) >= 11 is 1.46. The quantitative estimate of drug-likeness (QED) is 0.817. The Hall–Kier alpha value is -0.430. The molecule has 1 amide bonds. The minimum atomic E-state index is -4.34. The Morgan fingerprint density at radius 2 is 2.00 bits per heavy atom. The third-order valence-corrected chi connectivity index (χ3v) is 4.40. The summed E-state index contributed by atoms with van der Waals surface area (Å²) in [7, 11) is 0. The molecule has 1 aliphatic heterocycles. The Morgan fingerprint density at radius 1 is 1.41 bits per heavy atom. The molecule has 0 saturated carbocycles. The highest BCUT2D eigenvalue weighted by Crippen LogP contribution is 2.39. The molecule has 1 aliphatic rings. The number of amides is 1. The highest BCUT2D eigenvalue weighted by atomic mass is 32.2. The lowest BCUT2D eigenvalue weighted by Crippen LogP contribution is -2.63. The predicted molar refractivity (Wildman–Crippen MR) is 61.7 cm³/mol. The maximum Gasteiger partial charge on any atom is 0.401 e. The van der Waals surface area contributed by atoms with E-state index < -0.39 is 24.2 Å². The smallest absolute Gasteiger partial charge is 0.368 e. The van der Waals surface area contributed by atoms with Crippen LogP contribution in [0.3, 0.4) is 0 Å². The minimum absolute atomic E-state index is 0.198. The minimum Gasteiger partial charge on any atom is -0.368 e. The van der Waals surface area contributed by atoms with Gasteiger partial charge in [-0.25, -0.2) is 0 Å². The zero-order valence-electron chi connectivity index (χ0n) is 9.86. The highest BCUT2D eigenvalue weighted by Gasteiger charge is 2.46. The van der Waals surface area contributed by atoms with Crippen molar-refractivity contribution < 1.29 is 18.0 Å². The van der Waals surface area contributed by atoms with Crippen LogP contribution in [0.1, 0.15) is 20.3 Å². The van der Waals surface area contributed by atoms with Crippen LogP contribution in [-0.4, -0.2) is 35.7 Å². The zero-order chi connectivity index (χ0) is 13.3. The lowest BCUT2D eigenvalue weighted by Gasteiger charge is -2.43. The molecular weight excluding hydrogens is 253 g/mol. The Bertz CT molecular complexity index is 306. The van der Waals surface area contributed by atoms with E-state index in [1.165, 1.54) is 11.8 Å². The van der Waals surface area contributed by atoms with Gasteiger partial charge in [0, 0.05) is 5.75 Å². The van der Waals surface area contributed by atoms with Gasteiger partial charge in [0.2, 0.25) is 5.91 Å². The summed E-state index contributed by atoms with van der Waals surface area (Å²) in [5.74, 6) is 0.402. The van der Waals surface area contributed by atoms with Gasteiger partial charge >= 0.3 is 6.18 Å². The van der Waals surface area contributed by atoms with E-state index in [1.54, 1.807) is 0 Å². The van der Waals surface area contributed by atoms with Gasteiger partial charge in [-0.3, -0.25) is 10.1 Å². The molecule has 0 aromatic rings. The predicted octanol–water partition coefficient (Wildman–Crippen LogP) is 1.53. The van der Waals surface area contributed by atoms with Crippen LogP contribution in [0.5, 0.6) is 0 Å². The molecule has 1 rings (SSSR count). The summed E-state index contributed by atoms with van der Waals surface area (Å²) < 4.78 is 36.6. The van der Waals surface area contributed by atoms with Crippen molar-refractivity contribution in [3.63, 3.8) is 0 Å². The van der Waals surface area contributed by atoms with E-state index in [0.717, 1.165) is 5.75 Å². The molecular formula is C10H17F3N2OS. The first kappa shape index (κ1) is 14.6. The monoisotopic (exact) mass is 270 g/mol. The summed E-state index contributed by atoms with van der Waals surface area (Å²) in [6.45, 7) is 2.66. The van der Waals surface area contributed by atoms with Crippen molar-refractivity contribution in [3.05, 3.63) is 0 Å². The molecule has 1 atom stereocenters. The van der Waals surface area contributed by atoms with Gasteiger partial charge in [0.25, 0.3) is 0 Å². The van der Waals surface area contributed by atoms with Crippen molar-refractivity contribution in [1.82, 2.24) is 5.32 Å². The number of carbonyl (C=O) groups excluding carboxylic acids is 1. The van der Waals surface area contributed by atoms with Crippen molar-refractivity contribution in [3.8, 4) is 0 Å². The van der Waals surface area contributed by atoms with Gasteiger partial charge in [0.05, 0.1) is 6.54 Å². The molecule has 100 valence electrons. The topological polar surface area (TPSA) is 55.1 Å². The average Bonchev–Trinajstić information content (AvgIpc) is 2.12. The van der Waals surface area contributed by atoms with Crippen molar-refractivity contribution in [2.75, 3.05) is 18.1 Å². The fraction of sp³-hybridized carbons (Fsp3) is 0.900. The van der Waals surface area contributed by atoms with Gasteiger partial charge in [-0.15, -0.1) is 0 Å². The SMILES string of the molecule is CC1(C)CSCC(NCC(F)(F)F)(C(N)=O)C1. The van der Waals surface area contributed by atoms with Gasteiger partial charge in [0.1, 0.15) is 5.54 Å². The number of primary amides is 1. The molecule has 0 bridgehead atoms. The Labute approximate surface area is 103 Å². The zero-order valence-corrected chi connectivity index (χ0v) is 10.7. The standard InChI is InChI=1S/C10H17F3N2OS/c1-8(2)3-9(7(14)16,6-17-5-8)15-4-10(11,12)13/h15H,3-6H2,1-2H3,(H2,14,16). The van der Waals surface area contributed by atoms with E-state index in [0.29, 0.717) is 12.2 Å². The number of halogens is 3. The number of hydrogen-bond donors (Lipinski definition) is 2. The first-order valence-corrected chi connectivity index (χ1v) is 6.41. The molecule has 0 radical (unpaired) electrons. The summed E-state index contributed by atoms with van der Waals surface area (Å²) in [6.07, 6.45) is -4.01. The fourth-order valence-corrected chi connectivity index (χ4v) is 3.50. The van der Waals surface area contributed by atoms with E-state index in [-0.39, 0.29) is 5.41 Å². The third-order valence-electron chi connectivity index (χ3n) is 2.72. The van der Waals surface area contributed by atoms with E-state index in [4.69, 9.17) is 5.73 Å². The molecule has 17 heavy (non-hydrogen) atoms. The van der Waals surface area contributed by atoms with Crippen molar-refractivity contribution in [2.45, 2.75) is 32.0 Å². The largest absolute Gasteiger partial charge is 0.401 e. The Morgan fingerprint density at radius 3 is 2.41 bits per heavy atom. The van der Waals surface area contributed by atoms with Crippen molar-refractivity contribution in [2.24, 2.45) is 11.1 Å². The maximum absolute atomic E-state index is 12.2. The van der Waals surface area contributed by atoms with Gasteiger partial charge < -0.3 is 5.73 Å². The molecule has 3 N–H and O–H groups in total.